The van der Waals surface area contributed by atoms with E-state index in [-0.39, 0.29) is 6.04 Å². The lowest BCUT2D eigenvalue weighted by molar-refractivity contribution is 0.239. The first kappa shape index (κ1) is 14.3. The van der Waals surface area contributed by atoms with Crippen molar-refractivity contribution in [1.29, 1.82) is 0 Å². The van der Waals surface area contributed by atoms with Crippen molar-refractivity contribution in [2.45, 2.75) is 38.4 Å². The van der Waals surface area contributed by atoms with E-state index >= 15 is 0 Å². The van der Waals surface area contributed by atoms with Gasteiger partial charge in [-0.25, -0.2) is 0 Å². The summed E-state index contributed by atoms with van der Waals surface area (Å²) >= 11 is 0. The van der Waals surface area contributed by atoms with Gasteiger partial charge in [-0.15, -0.1) is 0 Å². The van der Waals surface area contributed by atoms with Crippen LogP contribution in [-0.2, 0) is 13.0 Å². The topological polar surface area (TPSA) is 29.3 Å². The van der Waals surface area contributed by atoms with E-state index in [1.807, 2.05) is 0 Å². The third kappa shape index (κ3) is 3.17. The second-order valence-corrected chi connectivity index (χ2v) is 5.95. The number of likely N-dealkylation sites (tertiary alicyclic amines) is 1. The molecule has 21 heavy (non-hydrogen) atoms. The Morgan fingerprint density at radius 3 is 2.33 bits per heavy atom. The van der Waals surface area contributed by atoms with Gasteiger partial charge in [0.15, 0.2) is 0 Å². The summed E-state index contributed by atoms with van der Waals surface area (Å²) in [5.41, 5.74) is 10.5. The van der Waals surface area contributed by atoms with Crippen LogP contribution in [0.25, 0.3) is 0 Å². The van der Waals surface area contributed by atoms with Gasteiger partial charge >= 0.3 is 0 Å². The average molecular weight is 280 g/mol. The molecule has 2 atom stereocenters. The van der Waals surface area contributed by atoms with Crippen molar-refractivity contribution in [3.05, 3.63) is 71.3 Å². The van der Waals surface area contributed by atoms with Gasteiger partial charge < -0.3 is 5.73 Å². The molecule has 2 heteroatoms. The highest BCUT2D eigenvalue weighted by Gasteiger charge is 2.32. The van der Waals surface area contributed by atoms with Crippen LogP contribution in [0.3, 0.4) is 0 Å². The highest BCUT2D eigenvalue weighted by atomic mass is 15.2. The van der Waals surface area contributed by atoms with Crippen LogP contribution in [0.4, 0.5) is 0 Å². The first-order valence-electron chi connectivity index (χ1n) is 7.90. The van der Waals surface area contributed by atoms with Crippen LogP contribution in [0.2, 0.25) is 0 Å². The lowest BCUT2D eigenvalue weighted by Crippen LogP contribution is -2.31. The van der Waals surface area contributed by atoms with E-state index < -0.39 is 0 Å². The Labute approximate surface area is 127 Å². The second-order valence-electron chi connectivity index (χ2n) is 5.95. The Balaban J connectivity index is 1.77. The van der Waals surface area contributed by atoms with Crippen molar-refractivity contribution in [3.63, 3.8) is 0 Å². The van der Waals surface area contributed by atoms with Crippen LogP contribution in [0, 0.1) is 0 Å². The number of rotatable bonds is 4. The molecule has 1 aliphatic heterocycles. The van der Waals surface area contributed by atoms with Crippen molar-refractivity contribution in [3.8, 4) is 0 Å². The van der Waals surface area contributed by atoms with Crippen LogP contribution in [0.1, 0.15) is 36.1 Å². The fourth-order valence-electron chi connectivity index (χ4n) is 3.28. The molecule has 1 saturated heterocycles. The number of hydrogen-bond donors (Lipinski definition) is 1. The predicted molar refractivity (Wildman–Crippen MR) is 88.0 cm³/mol. The van der Waals surface area contributed by atoms with Gasteiger partial charge in [0.2, 0.25) is 0 Å². The molecule has 3 rings (SSSR count). The lowest BCUT2D eigenvalue weighted by atomic mass is 10.0. The fourth-order valence-corrected chi connectivity index (χ4v) is 3.28. The molecule has 1 aliphatic rings. The zero-order chi connectivity index (χ0) is 14.7. The summed E-state index contributed by atoms with van der Waals surface area (Å²) in [7, 11) is 0. The van der Waals surface area contributed by atoms with Gasteiger partial charge in [0.1, 0.15) is 0 Å². The summed E-state index contributed by atoms with van der Waals surface area (Å²) in [5.74, 6) is 0. The molecule has 0 radical (unpaired) electrons. The van der Waals surface area contributed by atoms with E-state index in [2.05, 4.69) is 66.4 Å². The summed E-state index contributed by atoms with van der Waals surface area (Å²) in [6.45, 7) is 4.26. The zero-order valence-electron chi connectivity index (χ0n) is 12.7. The monoisotopic (exact) mass is 280 g/mol. The Hall–Kier alpha value is -1.64. The van der Waals surface area contributed by atoms with Gasteiger partial charge in [-0.3, -0.25) is 4.90 Å². The maximum atomic E-state index is 6.36. The first-order chi connectivity index (χ1) is 10.3. The molecule has 2 aromatic carbocycles. The summed E-state index contributed by atoms with van der Waals surface area (Å²) in [6, 6.07) is 20.2. The number of aryl methyl sites for hydroxylation is 1. The molecule has 110 valence electrons. The number of nitrogens with two attached hydrogens (primary N) is 1. The van der Waals surface area contributed by atoms with E-state index in [0.717, 1.165) is 25.9 Å². The van der Waals surface area contributed by atoms with Gasteiger partial charge in [-0.1, -0.05) is 61.5 Å². The molecule has 0 aromatic heterocycles. The van der Waals surface area contributed by atoms with E-state index in [1.165, 1.54) is 16.7 Å². The smallest absolute Gasteiger partial charge is 0.0503 e. The Bertz CT molecular complexity index is 562. The van der Waals surface area contributed by atoms with Crippen LogP contribution >= 0.6 is 0 Å². The Morgan fingerprint density at radius 2 is 1.67 bits per heavy atom. The van der Waals surface area contributed by atoms with Crippen molar-refractivity contribution >= 4 is 0 Å². The van der Waals surface area contributed by atoms with E-state index in [0.29, 0.717) is 6.04 Å². The van der Waals surface area contributed by atoms with Crippen molar-refractivity contribution in [2.24, 2.45) is 5.73 Å². The van der Waals surface area contributed by atoms with Crippen LogP contribution in [0.15, 0.2) is 54.6 Å². The van der Waals surface area contributed by atoms with Crippen molar-refractivity contribution in [2.75, 3.05) is 6.54 Å². The molecule has 1 fully saturated rings. The molecule has 2 N–H and O–H groups in total. The van der Waals surface area contributed by atoms with Crippen molar-refractivity contribution < 1.29 is 0 Å². The molecule has 0 amide bonds. The van der Waals surface area contributed by atoms with Crippen LogP contribution in [0.5, 0.6) is 0 Å². The largest absolute Gasteiger partial charge is 0.326 e. The number of hydrogen-bond acceptors (Lipinski definition) is 2. The Kier molecular flexibility index (Phi) is 4.37. The van der Waals surface area contributed by atoms with Gasteiger partial charge in [0.25, 0.3) is 0 Å². The third-order valence-corrected chi connectivity index (χ3v) is 4.51. The summed E-state index contributed by atoms with van der Waals surface area (Å²) < 4.78 is 0. The molecule has 1 heterocycles. The highest BCUT2D eigenvalue weighted by Crippen LogP contribution is 2.32. The molecule has 0 saturated carbocycles. The summed E-state index contributed by atoms with van der Waals surface area (Å²) in [5, 5.41) is 0. The maximum absolute atomic E-state index is 6.36. The molecule has 0 bridgehead atoms. The minimum atomic E-state index is 0.238. The minimum absolute atomic E-state index is 0.238. The van der Waals surface area contributed by atoms with E-state index in [1.54, 1.807) is 0 Å². The molecule has 2 unspecified atom stereocenters. The minimum Gasteiger partial charge on any atom is -0.326 e. The normalized spacial score (nSPS) is 22.6. The van der Waals surface area contributed by atoms with Crippen molar-refractivity contribution in [1.82, 2.24) is 4.90 Å². The van der Waals surface area contributed by atoms with Gasteiger partial charge in [0.05, 0.1) is 6.04 Å². The molecular formula is C19H24N2. The molecule has 0 spiro atoms. The molecule has 2 aromatic rings. The van der Waals surface area contributed by atoms with Crippen LogP contribution in [-0.4, -0.2) is 17.5 Å². The maximum Gasteiger partial charge on any atom is 0.0503 e. The number of nitrogens with zero attached hydrogens (tertiary/aromatic N) is 1. The lowest BCUT2D eigenvalue weighted by Gasteiger charge is -2.27. The van der Waals surface area contributed by atoms with E-state index in [9.17, 15) is 0 Å². The molecular weight excluding hydrogens is 256 g/mol. The third-order valence-electron chi connectivity index (χ3n) is 4.51. The fraction of sp³-hybridized carbons (Fsp3) is 0.368. The Morgan fingerprint density at radius 1 is 1.00 bits per heavy atom. The summed E-state index contributed by atoms with van der Waals surface area (Å²) in [6.07, 6.45) is 2.17. The quantitative estimate of drug-likeness (QED) is 0.928. The second kappa shape index (κ2) is 6.42. The molecule has 0 aliphatic carbocycles. The van der Waals surface area contributed by atoms with Gasteiger partial charge in [0, 0.05) is 19.1 Å². The zero-order valence-corrected chi connectivity index (χ0v) is 12.7. The average Bonchev–Trinajstić information content (AvgIpc) is 2.89. The van der Waals surface area contributed by atoms with E-state index in [4.69, 9.17) is 5.73 Å². The first-order valence-corrected chi connectivity index (χ1v) is 7.90. The van der Waals surface area contributed by atoms with Gasteiger partial charge in [-0.05, 0) is 29.5 Å². The van der Waals surface area contributed by atoms with Crippen LogP contribution < -0.4 is 5.73 Å². The number of benzene rings is 2. The molecule has 2 nitrogen and oxygen atoms in total. The predicted octanol–water partition coefficient (Wildman–Crippen LogP) is 3.52. The SMILES string of the molecule is CCc1ccc(CN2CCC(N)C2c2ccccc2)cc1. The van der Waals surface area contributed by atoms with Gasteiger partial charge in [-0.2, -0.15) is 0 Å². The summed E-state index contributed by atoms with van der Waals surface area (Å²) in [4.78, 5) is 2.51. The standard InChI is InChI=1S/C19H24N2/c1-2-15-8-10-16(11-9-15)14-21-13-12-18(20)19(21)17-6-4-3-5-7-17/h3-11,18-19H,2,12-14,20H2,1H3. The highest BCUT2D eigenvalue weighted by molar-refractivity contribution is 5.25.